The number of hydrogen-bond donors (Lipinski definition) is 2. The van der Waals surface area contributed by atoms with Crippen molar-refractivity contribution in [2.24, 2.45) is 5.41 Å². The van der Waals surface area contributed by atoms with Crippen LogP contribution in [-0.2, 0) is 9.84 Å². The maximum atomic E-state index is 11.1. The van der Waals surface area contributed by atoms with Crippen LogP contribution in [0.4, 0.5) is 0 Å². The van der Waals surface area contributed by atoms with Gasteiger partial charge in [-0.05, 0) is 31.6 Å². The highest BCUT2D eigenvalue weighted by Gasteiger charge is 2.36. The van der Waals surface area contributed by atoms with E-state index in [9.17, 15) is 8.42 Å². The minimum absolute atomic E-state index is 0.00818. The number of aliphatic hydroxyl groups is 1. The molecule has 1 aliphatic rings. The minimum Gasteiger partial charge on any atom is -0.396 e. The van der Waals surface area contributed by atoms with Crippen molar-refractivity contribution in [2.45, 2.75) is 38.6 Å². The summed E-state index contributed by atoms with van der Waals surface area (Å²) in [5.74, 6) is 0.183. The summed E-state index contributed by atoms with van der Waals surface area (Å²) in [5, 5.41) is 12.3. The number of rotatable bonds is 7. The first-order chi connectivity index (χ1) is 7.37. The van der Waals surface area contributed by atoms with E-state index in [-0.39, 0.29) is 23.8 Å². The standard InChI is InChI=1S/C11H23NO3S/c1-10(8-16(2,14)15)12-9-11(6-7-13)4-3-5-11/h10,12-13H,3-9H2,1-2H3. The van der Waals surface area contributed by atoms with Crippen LogP contribution in [0.2, 0.25) is 0 Å². The molecule has 0 saturated heterocycles. The molecule has 4 nitrogen and oxygen atoms in total. The average Bonchev–Trinajstić information content (AvgIpc) is 2.06. The van der Waals surface area contributed by atoms with Crippen LogP contribution in [0.15, 0.2) is 0 Å². The van der Waals surface area contributed by atoms with Gasteiger partial charge in [-0.2, -0.15) is 0 Å². The first kappa shape index (κ1) is 13.9. The molecule has 0 aromatic rings. The number of nitrogens with one attached hydrogen (secondary N) is 1. The average molecular weight is 249 g/mol. The van der Waals surface area contributed by atoms with Crippen LogP contribution in [-0.4, -0.2) is 44.7 Å². The third-order valence-electron chi connectivity index (χ3n) is 3.43. The second-order valence-electron chi connectivity index (χ2n) is 5.20. The molecule has 0 amide bonds. The zero-order chi connectivity index (χ0) is 12.2. The predicted octanol–water partition coefficient (Wildman–Crippen LogP) is 0.562. The van der Waals surface area contributed by atoms with E-state index in [2.05, 4.69) is 5.32 Å². The Morgan fingerprint density at radius 2 is 2.06 bits per heavy atom. The molecule has 5 heteroatoms. The molecule has 1 atom stereocenters. The molecular weight excluding hydrogens is 226 g/mol. The van der Waals surface area contributed by atoms with Crippen LogP contribution in [0.3, 0.4) is 0 Å². The summed E-state index contributed by atoms with van der Waals surface area (Å²) in [6.07, 6.45) is 5.60. The van der Waals surface area contributed by atoms with Crippen LogP contribution in [0, 0.1) is 5.41 Å². The van der Waals surface area contributed by atoms with Gasteiger partial charge in [-0.3, -0.25) is 0 Å². The molecule has 1 unspecified atom stereocenters. The van der Waals surface area contributed by atoms with E-state index in [0.29, 0.717) is 0 Å². The summed E-state index contributed by atoms with van der Waals surface area (Å²) in [5.41, 5.74) is 0.223. The van der Waals surface area contributed by atoms with Gasteiger partial charge in [-0.25, -0.2) is 8.42 Å². The third kappa shape index (κ3) is 4.39. The Morgan fingerprint density at radius 1 is 1.44 bits per heavy atom. The number of hydrogen-bond acceptors (Lipinski definition) is 4. The molecule has 0 aliphatic heterocycles. The van der Waals surface area contributed by atoms with Crippen molar-refractivity contribution >= 4 is 9.84 Å². The summed E-state index contributed by atoms with van der Waals surface area (Å²) in [6, 6.07) is -0.00818. The number of aliphatic hydroxyl groups excluding tert-OH is 1. The smallest absolute Gasteiger partial charge is 0.148 e. The summed E-state index contributed by atoms with van der Waals surface area (Å²) >= 11 is 0. The van der Waals surface area contributed by atoms with Gasteiger partial charge in [-0.1, -0.05) is 6.42 Å². The molecule has 1 saturated carbocycles. The van der Waals surface area contributed by atoms with Crippen LogP contribution in [0.5, 0.6) is 0 Å². The lowest BCUT2D eigenvalue weighted by atomic mass is 9.66. The third-order valence-corrected chi connectivity index (χ3v) is 4.54. The van der Waals surface area contributed by atoms with Gasteiger partial charge in [0.2, 0.25) is 0 Å². The van der Waals surface area contributed by atoms with E-state index < -0.39 is 9.84 Å². The Kier molecular flexibility index (Phi) is 4.76. The summed E-state index contributed by atoms with van der Waals surface area (Å²) in [7, 11) is -2.90. The van der Waals surface area contributed by atoms with Crippen molar-refractivity contribution in [1.29, 1.82) is 0 Å². The molecule has 1 aliphatic carbocycles. The highest BCUT2D eigenvalue weighted by atomic mass is 32.2. The monoisotopic (exact) mass is 249 g/mol. The quantitative estimate of drug-likeness (QED) is 0.692. The van der Waals surface area contributed by atoms with Gasteiger partial charge >= 0.3 is 0 Å². The second-order valence-corrected chi connectivity index (χ2v) is 7.39. The van der Waals surface area contributed by atoms with Gasteiger partial charge in [0.1, 0.15) is 9.84 Å². The van der Waals surface area contributed by atoms with E-state index >= 15 is 0 Å². The van der Waals surface area contributed by atoms with Crippen molar-refractivity contribution in [3.63, 3.8) is 0 Å². The second kappa shape index (κ2) is 5.47. The fourth-order valence-corrected chi connectivity index (χ4v) is 3.36. The Hall–Kier alpha value is -0.130. The molecular formula is C11H23NO3S. The van der Waals surface area contributed by atoms with Gasteiger partial charge in [-0.15, -0.1) is 0 Å². The van der Waals surface area contributed by atoms with Crippen LogP contribution >= 0.6 is 0 Å². The summed E-state index contributed by atoms with van der Waals surface area (Å²) in [6.45, 7) is 2.94. The Labute approximate surface area is 98.4 Å². The van der Waals surface area contributed by atoms with E-state index in [0.717, 1.165) is 25.8 Å². The SMILES string of the molecule is CC(CS(C)(=O)=O)NCC1(CCO)CCC1. The lowest BCUT2D eigenvalue weighted by molar-refractivity contribution is 0.0841. The molecule has 96 valence electrons. The van der Waals surface area contributed by atoms with Crippen LogP contribution in [0.25, 0.3) is 0 Å². The summed E-state index contributed by atoms with van der Waals surface area (Å²) in [4.78, 5) is 0. The molecule has 0 radical (unpaired) electrons. The fourth-order valence-electron chi connectivity index (χ4n) is 2.33. The zero-order valence-electron chi connectivity index (χ0n) is 10.2. The van der Waals surface area contributed by atoms with Crippen molar-refractivity contribution in [2.75, 3.05) is 25.2 Å². The van der Waals surface area contributed by atoms with Crippen molar-refractivity contribution < 1.29 is 13.5 Å². The maximum absolute atomic E-state index is 11.1. The van der Waals surface area contributed by atoms with Gasteiger partial charge in [0.05, 0.1) is 5.75 Å². The van der Waals surface area contributed by atoms with Gasteiger partial charge in [0, 0.05) is 25.4 Å². The highest BCUT2D eigenvalue weighted by molar-refractivity contribution is 7.90. The molecule has 0 heterocycles. The van der Waals surface area contributed by atoms with Gasteiger partial charge in [0.15, 0.2) is 0 Å². The topological polar surface area (TPSA) is 66.4 Å². The molecule has 1 rings (SSSR count). The van der Waals surface area contributed by atoms with E-state index in [1.165, 1.54) is 12.7 Å². The van der Waals surface area contributed by atoms with Crippen LogP contribution < -0.4 is 5.32 Å². The highest BCUT2D eigenvalue weighted by Crippen LogP contribution is 2.43. The number of sulfone groups is 1. The minimum atomic E-state index is -2.90. The first-order valence-corrected chi connectivity index (χ1v) is 7.95. The lowest BCUT2D eigenvalue weighted by Gasteiger charge is -2.42. The lowest BCUT2D eigenvalue weighted by Crippen LogP contribution is -2.45. The largest absolute Gasteiger partial charge is 0.396 e. The molecule has 16 heavy (non-hydrogen) atoms. The molecule has 0 aromatic heterocycles. The van der Waals surface area contributed by atoms with Crippen LogP contribution in [0.1, 0.15) is 32.6 Å². The zero-order valence-corrected chi connectivity index (χ0v) is 11.0. The molecule has 2 N–H and O–H groups in total. The maximum Gasteiger partial charge on any atom is 0.148 e. The Bertz CT molecular complexity index is 309. The van der Waals surface area contributed by atoms with Gasteiger partial charge in [0.25, 0.3) is 0 Å². The molecule has 1 fully saturated rings. The van der Waals surface area contributed by atoms with Crippen molar-refractivity contribution in [3.05, 3.63) is 0 Å². The van der Waals surface area contributed by atoms with Crippen molar-refractivity contribution in [3.8, 4) is 0 Å². The van der Waals surface area contributed by atoms with E-state index in [1.807, 2.05) is 6.92 Å². The van der Waals surface area contributed by atoms with E-state index in [4.69, 9.17) is 5.11 Å². The molecule has 0 spiro atoms. The van der Waals surface area contributed by atoms with Crippen molar-refractivity contribution in [1.82, 2.24) is 5.32 Å². The fraction of sp³-hybridized carbons (Fsp3) is 1.00. The molecule has 0 aromatic carbocycles. The summed E-state index contributed by atoms with van der Waals surface area (Å²) < 4.78 is 22.2. The Morgan fingerprint density at radius 3 is 2.44 bits per heavy atom. The van der Waals surface area contributed by atoms with Gasteiger partial charge < -0.3 is 10.4 Å². The first-order valence-electron chi connectivity index (χ1n) is 5.89. The normalized spacial score (nSPS) is 21.4. The molecule has 0 bridgehead atoms. The Balaban J connectivity index is 2.32. The van der Waals surface area contributed by atoms with E-state index in [1.54, 1.807) is 0 Å². The predicted molar refractivity (Wildman–Crippen MR) is 65.2 cm³/mol.